The van der Waals surface area contributed by atoms with Gasteiger partial charge in [0, 0.05) is 17.8 Å². The summed E-state index contributed by atoms with van der Waals surface area (Å²) in [5.74, 6) is 1.000. The van der Waals surface area contributed by atoms with Gasteiger partial charge in [0.2, 0.25) is 10.4 Å². The van der Waals surface area contributed by atoms with Crippen molar-refractivity contribution in [1.29, 1.82) is 0 Å². The molecule has 4 nitrogen and oxygen atoms in total. The van der Waals surface area contributed by atoms with Crippen LogP contribution in [0.4, 0.5) is 0 Å². The van der Waals surface area contributed by atoms with Gasteiger partial charge >= 0.3 is 0 Å². The summed E-state index contributed by atoms with van der Waals surface area (Å²) in [6.45, 7) is 4.16. The van der Waals surface area contributed by atoms with Gasteiger partial charge in [-0.2, -0.15) is 0 Å². The second kappa shape index (κ2) is 7.50. The minimum Gasteiger partial charge on any atom is -0.725 e. The molecule has 6 heteroatoms. The van der Waals surface area contributed by atoms with Gasteiger partial charge in [0.05, 0.1) is 0 Å². The monoisotopic (exact) mass is 241 g/mol. The lowest BCUT2D eigenvalue weighted by Crippen LogP contribution is -2.05. The van der Waals surface area contributed by atoms with Gasteiger partial charge in [0.15, 0.2) is 0 Å². The topological polar surface area (TPSA) is 66.4 Å². The summed E-state index contributed by atoms with van der Waals surface area (Å²) in [7, 11) is -4.54. The molecular formula is C8H17O4S2-. The third kappa shape index (κ3) is 8.80. The summed E-state index contributed by atoms with van der Waals surface area (Å²) >= 11 is 0.743. The Kier molecular flexibility index (Phi) is 7.62. The fraction of sp³-hybridized carbons (Fsp3) is 1.00. The molecule has 0 aliphatic carbocycles. The fourth-order valence-corrected chi connectivity index (χ4v) is 2.37. The van der Waals surface area contributed by atoms with Gasteiger partial charge in [-0.25, -0.2) is 12.0 Å². The molecule has 14 heavy (non-hydrogen) atoms. The second-order valence-corrected chi connectivity index (χ2v) is 5.11. The molecule has 0 saturated heterocycles. The van der Waals surface area contributed by atoms with E-state index >= 15 is 0 Å². The van der Waals surface area contributed by atoms with Crippen LogP contribution in [-0.4, -0.2) is 18.7 Å². The highest BCUT2D eigenvalue weighted by molar-refractivity contribution is 8.02. The zero-order chi connectivity index (χ0) is 11.0. The first-order valence-electron chi connectivity index (χ1n) is 4.76. The van der Waals surface area contributed by atoms with Crippen molar-refractivity contribution in [1.82, 2.24) is 0 Å². The molecule has 0 aromatic rings. The summed E-state index contributed by atoms with van der Waals surface area (Å²) in [6.07, 6.45) is 4.29. The molecule has 0 rings (SSSR count). The Labute approximate surface area is 90.6 Å². The third-order valence-electron chi connectivity index (χ3n) is 1.98. The minimum atomic E-state index is -4.54. The fourth-order valence-electron chi connectivity index (χ4n) is 1.08. The molecule has 1 atom stereocenters. The van der Waals surface area contributed by atoms with E-state index in [1.807, 2.05) is 6.92 Å². The van der Waals surface area contributed by atoms with Gasteiger partial charge in [0.25, 0.3) is 0 Å². The maximum absolute atomic E-state index is 10.1. The molecule has 0 bridgehead atoms. The molecule has 1 unspecified atom stereocenters. The first-order valence-corrected chi connectivity index (χ1v) is 7.00. The van der Waals surface area contributed by atoms with Crippen molar-refractivity contribution in [3.63, 3.8) is 0 Å². The second-order valence-electron chi connectivity index (χ2n) is 3.18. The molecule has 86 valence electrons. The molecular weight excluding hydrogens is 224 g/mol. The van der Waals surface area contributed by atoms with Gasteiger partial charge < -0.3 is 4.55 Å². The van der Waals surface area contributed by atoms with Gasteiger partial charge in [-0.3, -0.25) is 0 Å². The van der Waals surface area contributed by atoms with Crippen LogP contribution in [-0.2, 0) is 14.0 Å². The van der Waals surface area contributed by atoms with Crippen molar-refractivity contribution >= 4 is 22.4 Å². The van der Waals surface area contributed by atoms with Gasteiger partial charge in [-0.15, -0.1) is 0 Å². The van der Waals surface area contributed by atoms with E-state index in [1.54, 1.807) is 0 Å². The highest BCUT2D eigenvalue weighted by Gasteiger charge is 2.07. The van der Waals surface area contributed by atoms with Crippen molar-refractivity contribution in [2.75, 3.05) is 5.75 Å². The highest BCUT2D eigenvalue weighted by Crippen LogP contribution is 2.19. The summed E-state index contributed by atoms with van der Waals surface area (Å²) in [6, 6.07) is 0. The van der Waals surface area contributed by atoms with Crippen LogP contribution < -0.4 is 0 Å². The van der Waals surface area contributed by atoms with E-state index < -0.39 is 10.4 Å². The van der Waals surface area contributed by atoms with Gasteiger partial charge in [-0.05, 0) is 12.3 Å². The first-order chi connectivity index (χ1) is 6.49. The van der Waals surface area contributed by atoms with E-state index in [1.165, 1.54) is 0 Å². The average Bonchev–Trinajstić information content (AvgIpc) is 2.09. The Balaban J connectivity index is 3.62. The predicted molar refractivity (Wildman–Crippen MR) is 56.5 cm³/mol. The number of unbranched alkanes of at least 4 members (excludes halogenated alkanes) is 1. The molecule has 0 N–H and O–H groups in total. The van der Waals surface area contributed by atoms with Crippen molar-refractivity contribution in [3.05, 3.63) is 0 Å². The zero-order valence-electron chi connectivity index (χ0n) is 8.56. The van der Waals surface area contributed by atoms with Crippen LogP contribution in [0, 0.1) is 5.92 Å². The SMILES string of the molecule is CCCCC(CC)CSOS(=O)(=O)[O-]. The van der Waals surface area contributed by atoms with Crippen LogP contribution in [0.5, 0.6) is 0 Å². The van der Waals surface area contributed by atoms with E-state index in [4.69, 9.17) is 0 Å². The Morgan fingerprint density at radius 2 is 2.07 bits per heavy atom. The van der Waals surface area contributed by atoms with Crippen LogP contribution in [0.15, 0.2) is 0 Å². The molecule has 0 aromatic heterocycles. The first kappa shape index (κ1) is 14.2. The van der Waals surface area contributed by atoms with Crippen LogP contribution in [0.2, 0.25) is 0 Å². The Morgan fingerprint density at radius 3 is 2.50 bits per heavy atom. The van der Waals surface area contributed by atoms with Crippen LogP contribution in [0.3, 0.4) is 0 Å². The standard InChI is InChI=1S/C8H18O4S2/c1-3-5-6-8(4-2)7-13-12-14(9,10)11/h8H,3-7H2,1-2H3,(H,9,10,11)/p-1. The molecule has 0 aromatic carbocycles. The summed E-state index contributed by atoms with van der Waals surface area (Å²) in [5.41, 5.74) is 0. The van der Waals surface area contributed by atoms with E-state index in [0.29, 0.717) is 11.7 Å². The van der Waals surface area contributed by atoms with Crippen LogP contribution >= 0.6 is 12.0 Å². The van der Waals surface area contributed by atoms with Gasteiger partial charge in [0.1, 0.15) is 0 Å². The molecule has 0 radical (unpaired) electrons. The third-order valence-corrected chi connectivity index (χ3v) is 3.64. The molecule has 0 heterocycles. The lowest BCUT2D eigenvalue weighted by molar-refractivity contribution is 0.389. The van der Waals surface area contributed by atoms with Crippen molar-refractivity contribution in [2.24, 2.45) is 5.92 Å². The normalized spacial score (nSPS) is 14.2. The lowest BCUT2D eigenvalue weighted by Gasteiger charge is -2.13. The predicted octanol–water partition coefficient (Wildman–Crippen LogP) is 2.33. The number of hydrogen-bond donors (Lipinski definition) is 0. The zero-order valence-corrected chi connectivity index (χ0v) is 10.2. The summed E-state index contributed by atoms with van der Waals surface area (Å²) < 4.78 is 34.4. The summed E-state index contributed by atoms with van der Waals surface area (Å²) in [5, 5.41) is 0. The average molecular weight is 241 g/mol. The minimum absolute atomic E-state index is 0.432. The largest absolute Gasteiger partial charge is 0.725 e. The molecule has 0 aliphatic rings. The van der Waals surface area contributed by atoms with E-state index in [9.17, 15) is 13.0 Å². The number of rotatable bonds is 8. The summed E-state index contributed by atoms with van der Waals surface area (Å²) in [4.78, 5) is 0. The maximum atomic E-state index is 10.1. The highest BCUT2D eigenvalue weighted by atomic mass is 32.3. The van der Waals surface area contributed by atoms with Gasteiger partial charge in [-0.1, -0.05) is 33.1 Å². The van der Waals surface area contributed by atoms with Crippen LogP contribution in [0.25, 0.3) is 0 Å². The smallest absolute Gasteiger partial charge is 0.228 e. The van der Waals surface area contributed by atoms with E-state index in [-0.39, 0.29) is 0 Å². The van der Waals surface area contributed by atoms with E-state index in [2.05, 4.69) is 10.6 Å². The molecule has 0 saturated carbocycles. The lowest BCUT2D eigenvalue weighted by atomic mass is 10.0. The quantitative estimate of drug-likeness (QED) is 0.370. The maximum Gasteiger partial charge on any atom is 0.228 e. The van der Waals surface area contributed by atoms with Crippen molar-refractivity contribution in [3.8, 4) is 0 Å². The number of hydrogen-bond acceptors (Lipinski definition) is 5. The molecule has 0 spiro atoms. The molecule has 0 fully saturated rings. The van der Waals surface area contributed by atoms with Crippen LogP contribution in [0.1, 0.15) is 39.5 Å². The van der Waals surface area contributed by atoms with Crippen molar-refractivity contribution < 1.29 is 16.6 Å². The van der Waals surface area contributed by atoms with Crippen molar-refractivity contribution in [2.45, 2.75) is 39.5 Å². The van der Waals surface area contributed by atoms with E-state index in [0.717, 1.165) is 37.7 Å². The molecule has 0 amide bonds. The Morgan fingerprint density at radius 1 is 1.43 bits per heavy atom. The Bertz CT molecular complexity index is 225. The Hall–Kier alpha value is 0.220. The molecule has 0 aliphatic heterocycles.